The molecule has 0 unspecified atom stereocenters. The molecule has 3 heteroatoms. The lowest BCUT2D eigenvalue weighted by molar-refractivity contribution is -0.110. The van der Waals surface area contributed by atoms with Gasteiger partial charge >= 0.3 is 0 Å². The van der Waals surface area contributed by atoms with E-state index in [9.17, 15) is 9.90 Å². The van der Waals surface area contributed by atoms with Crippen molar-refractivity contribution < 1.29 is 15.0 Å². The molecule has 0 aliphatic carbocycles. The molecule has 0 aromatic heterocycles. The molecule has 2 aromatic rings. The van der Waals surface area contributed by atoms with E-state index >= 15 is 0 Å². The first-order valence-electron chi connectivity index (χ1n) is 6.12. The normalized spacial score (nSPS) is 11.7. The quantitative estimate of drug-likeness (QED) is 0.657. The van der Waals surface area contributed by atoms with Gasteiger partial charge < -0.3 is 10.2 Å². The summed E-state index contributed by atoms with van der Waals surface area (Å²) in [5.41, 5.74) is 1.39. The van der Waals surface area contributed by atoms with Crippen molar-refractivity contribution in [2.24, 2.45) is 0 Å². The summed E-state index contributed by atoms with van der Waals surface area (Å²) < 4.78 is 0. The molecule has 0 radical (unpaired) electrons. The number of carbonyl (C=O) groups excluding carboxylic acids is 1. The van der Waals surface area contributed by atoms with Crippen molar-refractivity contribution in [2.45, 2.75) is 0 Å². The van der Waals surface area contributed by atoms with Crippen LogP contribution in [0.4, 0.5) is 0 Å². The Morgan fingerprint density at radius 2 is 1.60 bits per heavy atom. The lowest BCUT2D eigenvalue weighted by atomic mass is 10.1. The van der Waals surface area contributed by atoms with Gasteiger partial charge in [-0.05, 0) is 23.8 Å². The largest absolute Gasteiger partial charge is 0.508 e. The van der Waals surface area contributed by atoms with Crippen molar-refractivity contribution in [3.8, 4) is 5.75 Å². The number of phenols is 1. The summed E-state index contributed by atoms with van der Waals surface area (Å²) in [5, 5.41) is 18.9. The Morgan fingerprint density at radius 1 is 0.950 bits per heavy atom. The van der Waals surface area contributed by atoms with E-state index < -0.39 is 0 Å². The fourth-order valence-corrected chi connectivity index (χ4v) is 1.64. The number of benzene rings is 2. The molecule has 3 nitrogen and oxygen atoms in total. The highest BCUT2D eigenvalue weighted by molar-refractivity contribution is 6.05. The van der Waals surface area contributed by atoms with Gasteiger partial charge in [0.2, 0.25) is 0 Å². The number of carbonyl (C=O) groups is 1. The van der Waals surface area contributed by atoms with E-state index in [4.69, 9.17) is 5.11 Å². The third-order valence-electron chi connectivity index (χ3n) is 2.68. The van der Waals surface area contributed by atoms with Crippen LogP contribution in [-0.4, -0.2) is 16.0 Å². The number of hydrogen-bond acceptors (Lipinski definition) is 3. The maximum absolute atomic E-state index is 11.7. The predicted molar refractivity (Wildman–Crippen MR) is 79.2 cm³/mol. The zero-order chi connectivity index (χ0) is 14.4. The third kappa shape index (κ3) is 3.85. The first-order valence-corrected chi connectivity index (χ1v) is 6.12. The Balaban J connectivity index is 2.07. The number of rotatable bonds is 4. The van der Waals surface area contributed by atoms with Crippen LogP contribution in [-0.2, 0) is 4.79 Å². The molecule has 0 bridgehead atoms. The number of aromatic hydroxyl groups is 1. The summed E-state index contributed by atoms with van der Waals surface area (Å²) in [5.74, 6) is -0.194. The molecule has 0 aliphatic rings. The van der Waals surface area contributed by atoms with Gasteiger partial charge in [0.1, 0.15) is 11.5 Å². The zero-order valence-electron chi connectivity index (χ0n) is 10.7. The van der Waals surface area contributed by atoms with Crippen molar-refractivity contribution in [3.05, 3.63) is 77.9 Å². The summed E-state index contributed by atoms with van der Waals surface area (Å²) in [7, 11) is 0. The van der Waals surface area contributed by atoms with Crippen LogP contribution in [0, 0.1) is 0 Å². The highest BCUT2D eigenvalue weighted by atomic mass is 16.3. The molecule has 0 spiro atoms. The van der Waals surface area contributed by atoms with E-state index in [2.05, 4.69) is 0 Å². The second-order valence-electron chi connectivity index (χ2n) is 4.22. The van der Waals surface area contributed by atoms with Gasteiger partial charge in [-0.2, -0.15) is 0 Å². The lowest BCUT2D eigenvalue weighted by Crippen LogP contribution is -1.90. The van der Waals surface area contributed by atoms with Crippen LogP contribution >= 0.6 is 0 Å². The molecule has 0 aliphatic heterocycles. The Kier molecular flexibility index (Phi) is 4.35. The summed E-state index contributed by atoms with van der Waals surface area (Å²) in [6.07, 6.45) is 4.16. The van der Waals surface area contributed by atoms with Crippen LogP contribution in [0.1, 0.15) is 11.1 Å². The predicted octanol–water partition coefficient (Wildman–Crippen LogP) is 3.57. The fraction of sp³-hybridized carbons (Fsp3) is 0. The average molecular weight is 266 g/mol. The minimum atomic E-state index is -0.306. The molecular weight excluding hydrogens is 252 g/mol. The molecule has 0 amide bonds. The second kappa shape index (κ2) is 6.38. The molecule has 2 aromatic carbocycles. The standard InChI is InChI=1S/C17H14O3/c18-15-9-6-13(7-10-15)8-11-16(19)12-17(20)14-4-2-1-3-5-14/h1-12,18,20H/b11-8+,17-12-. The maximum atomic E-state index is 11.7. The van der Waals surface area contributed by atoms with E-state index in [1.54, 1.807) is 54.6 Å². The van der Waals surface area contributed by atoms with Crippen LogP contribution in [0.15, 0.2) is 66.7 Å². The van der Waals surface area contributed by atoms with Crippen molar-refractivity contribution in [1.82, 2.24) is 0 Å². The molecule has 0 saturated carbocycles. The van der Waals surface area contributed by atoms with Gasteiger partial charge in [0.05, 0.1) is 0 Å². The van der Waals surface area contributed by atoms with Crippen molar-refractivity contribution in [2.75, 3.05) is 0 Å². The Labute approximate surface area is 117 Å². The highest BCUT2D eigenvalue weighted by Gasteiger charge is 2.00. The van der Waals surface area contributed by atoms with Gasteiger partial charge in [-0.15, -0.1) is 0 Å². The van der Waals surface area contributed by atoms with Gasteiger partial charge in [0, 0.05) is 11.6 Å². The summed E-state index contributed by atoms with van der Waals surface area (Å²) in [6.45, 7) is 0. The summed E-state index contributed by atoms with van der Waals surface area (Å²) >= 11 is 0. The lowest BCUT2D eigenvalue weighted by Gasteiger charge is -1.98. The Morgan fingerprint density at radius 3 is 2.25 bits per heavy atom. The number of aliphatic hydroxyl groups excluding tert-OH is 1. The molecule has 2 N–H and O–H groups in total. The summed E-state index contributed by atoms with van der Waals surface area (Å²) in [4.78, 5) is 11.7. The minimum absolute atomic E-state index is 0.0639. The first kappa shape index (κ1) is 13.6. The number of phenolic OH excluding ortho intramolecular Hbond substituents is 1. The van der Waals surface area contributed by atoms with E-state index in [1.165, 1.54) is 12.2 Å². The SMILES string of the molecule is O=C(/C=C(\O)c1ccccc1)/C=C/c1ccc(O)cc1. The van der Waals surface area contributed by atoms with E-state index in [0.29, 0.717) is 5.56 Å². The summed E-state index contributed by atoms with van der Waals surface area (Å²) in [6, 6.07) is 15.3. The molecule has 2 rings (SSSR count). The molecule has 0 fully saturated rings. The topological polar surface area (TPSA) is 57.5 Å². The monoisotopic (exact) mass is 266 g/mol. The maximum Gasteiger partial charge on any atom is 0.182 e. The van der Waals surface area contributed by atoms with Crippen molar-refractivity contribution >= 4 is 17.6 Å². The zero-order valence-corrected chi connectivity index (χ0v) is 10.7. The van der Waals surface area contributed by atoms with Crippen LogP contribution in [0.2, 0.25) is 0 Å². The molecule has 0 heterocycles. The molecule has 0 atom stereocenters. The number of aliphatic hydroxyl groups is 1. The molecular formula is C17H14O3. The van der Waals surface area contributed by atoms with Gasteiger partial charge in [0.15, 0.2) is 5.78 Å². The Bertz CT molecular complexity index is 638. The molecule has 20 heavy (non-hydrogen) atoms. The van der Waals surface area contributed by atoms with Gasteiger partial charge in [-0.3, -0.25) is 4.79 Å². The van der Waals surface area contributed by atoms with Crippen LogP contribution in [0.25, 0.3) is 11.8 Å². The highest BCUT2D eigenvalue weighted by Crippen LogP contribution is 2.12. The Hall–Kier alpha value is -2.81. The molecule has 100 valence electrons. The number of ketones is 1. The number of hydrogen-bond donors (Lipinski definition) is 2. The van der Waals surface area contributed by atoms with Gasteiger partial charge in [-0.25, -0.2) is 0 Å². The van der Waals surface area contributed by atoms with Crippen LogP contribution < -0.4 is 0 Å². The van der Waals surface area contributed by atoms with Crippen LogP contribution in [0.3, 0.4) is 0 Å². The van der Waals surface area contributed by atoms with Gasteiger partial charge in [0.25, 0.3) is 0 Å². The minimum Gasteiger partial charge on any atom is -0.508 e. The van der Waals surface area contributed by atoms with Crippen molar-refractivity contribution in [3.63, 3.8) is 0 Å². The second-order valence-corrected chi connectivity index (χ2v) is 4.22. The van der Waals surface area contributed by atoms with Crippen molar-refractivity contribution in [1.29, 1.82) is 0 Å². The van der Waals surface area contributed by atoms with E-state index in [-0.39, 0.29) is 17.3 Å². The average Bonchev–Trinajstić information content (AvgIpc) is 2.47. The number of allylic oxidation sites excluding steroid dienone is 2. The van der Waals surface area contributed by atoms with E-state index in [0.717, 1.165) is 5.56 Å². The first-order chi connectivity index (χ1) is 9.65. The van der Waals surface area contributed by atoms with E-state index in [1.807, 2.05) is 6.07 Å². The molecule has 0 saturated heterocycles. The fourth-order valence-electron chi connectivity index (χ4n) is 1.64. The third-order valence-corrected chi connectivity index (χ3v) is 2.68. The van der Waals surface area contributed by atoms with Crippen LogP contribution in [0.5, 0.6) is 5.75 Å². The smallest absolute Gasteiger partial charge is 0.182 e. The van der Waals surface area contributed by atoms with Gasteiger partial charge in [-0.1, -0.05) is 48.5 Å².